The second-order valence-electron chi connectivity index (χ2n) is 6.37. The number of pyridine rings is 1. The Kier molecular flexibility index (Phi) is 7.00. The van der Waals surface area contributed by atoms with Gasteiger partial charge in [0.05, 0.1) is 23.8 Å². The van der Waals surface area contributed by atoms with E-state index in [1.807, 2.05) is 29.2 Å². The standard InChI is InChI=1S/C20H24ClN3O2/c21-19-5-2-1-4-18(19)20(25)24(16-17-6-8-22-9-7-17)11-3-10-23-12-14-26-15-13-23/h1-2,4-9H,3,10-16H2. The predicted molar refractivity (Wildman–Crippen MR) is 102 cm³/mol. The monoisotopic (exact) mass is 373 g/mol. The van der Waals surface area contributed by atoms with Crippen LogP contribution in [0.5, 0.6) is 0 Å². The van der Waals surface area contributed by atoms with Gasteiger partial charge in [-0.2, -0.15) is 0 Å². The topological polar surface area (TPSA) is 45.7 Å². The molecule has 138 valence electrons. The van der Waals surface area contributed by atoms with E-state index in [4.69, 9.17) is 16.3 Å². The van der Waals surface area contributed by atoms with Crippen LogP contribution in [0.3, 0.4) is 0 Å². The lowest BCUT2D eigenvalue weighted by Crippen LogP contribution is -2.39. The van der Waals surface area contributed by atoms with E-state index in [0.717, 1.165) is 44.8 Å². The smallest absolute Gasteiger partial charge is 0.255 e. The summed E-state index contributed by atoms with van der Waals surface area (Å²) in [5.74, 6) is -0.0330. The van der Waals surface area contributed by atoms with Crippen LogP contribution in [-0.4, -0.2) is 60.1 Å². The molecule has 1 amide bonds. The molecule has 0 spiro atoms. The molecule has 5 nitrogen and oxygen atoms in total. The SMILES string of the molecule is O=C(c1ccccc1Cl)N(CCCN1CCOCC1)Cc1ccncc1. The Labute approximate surface area is 159 Å². The third-order valence-corrected chi connectivity index (χ3v) is 4.85. The summed E-state index contributed by atoms with van der Waals surface area (Å²) in [4.78, 5) is 21.3. The number of nitrogens with zero attached hydrogens (tertiary/aromatic N) is 3. The first-order chi connectivity index (χ1) is 12.7. The minimum atomic E-state index is -0.0330. The maximum Gasteiger partial charge on any atom is 0.255 e. The van der Waals surface area contributed by atoms with Crippen molar-refractivity contribution in [1.29, 1.82) is 0 Å². The molecule has 1 fully saturated rings. The average molecular weight is 374 g/mol. The van der Waals surface area contributed by atoms with E-state index in [1.54, 1.807) is 24.5 Å². The van der Waals surface area contributed by atoms with E-state index in [9.17, 15) is 4.79 Å². The summed E-state index contributed by atoms with van der Waals surface area (Å²) in [6.45, 7) is 5.70. The van der Waals surface area contributed by atoms with Gasteiger partial charge in [0.25, 0.3) is 5.91 Å². The number of amides is 1. The quantitative estimate of drug-likeness (QED) is 0.748. The number of hydrogen-bond acceptors (Lipinski definition) is 4. The second kappa shape index (κ2) is 9.67. The molecule has 0 N–H and O–H groups in total. The molecule has 2 aromatic rings. The van der Waals surface area contributed by atoms with Crippen molar-refractivity contribution in [2.24, 2.45) is 0 Å². The molecular formula is C20H24ClN3O2. The molecule has 0 atom stereocenters. The van der Waals surface area contributed by atoms with Gasteiger partial charge in [0.1, 0.15) is 0 Å². The van der Waals surface area contributed by atoms with E-state index in [2.05, 4.69) is 9.88 Å². The van der Waals surface area contributed by atoms with Crippen LogP contribution >= 0.6 is 11.6 Å². The number of hydrogen-bond donors (Lipinski definition) is 0. The fourth-order valence-corrected chi connectivity index (χ4v) is 3.29. The number of halogens is 1. The van der Waals surface area contributed by atoms with Gasteiger partial charge in [0.2, 0.25) is 0 Å². The van der Waals surface area contributed by atoms with Crippen molar-refractivity contribution in [1.82, 2.24) is 14.8 Å². The number of carbonyl (C=O) groups is 1. The summed E-state index contributed by atoms with van der Waals surface area (Å²) >= 11 is 6.24. The molecule has 26 heavy (non-hydrogen) atoms. The third-order valence-electron chi connectivity index (χ3n) is 4.52. The van der Waals surface area contributed by atoms with Gasteiger partial charge in [0.15, 0.2) is 0 Å². The van der Waals surface area contributed by atoms with Crippen LogP contribution in [0.2, 0.25) is 5.02 Å². The molecule has 0 bridgehead atoms. The first-order valence-electron chi connectivity index (χ1n) is 8.97. The molecule has 0 aliphatic carbocycles. The fourth-order valence-electron chi connectivity index (χ4n) is 3.08. The maximum absolute atomic E-state index is 13.0. The highest BCUT2D eigenvalue weighted by atomic mass is 35.5. The van der Waals surface area contributed by atoms with Crippen LogP contribution in [0.4, 0.5) is 0 Å². The molecule has 1 aliphatic rings. The summed E-state index contributed by atoms with van der Waals surface area (Å²) < 4.78 is 5.39. The van der Waals surface area contributed by atoms with Gasteiger partial charge < -0.3 is 9.64 Å². The van der Waals surface area contributed by atoms with Crippen molar-refractivity contribution in [3.63, 3.8) is 0 Å². The Morgan fingerprint density at radius 1 is 1.15 bits per heavy atom. The molecular weight excluding hydrogens is 350 g/mol. The Morgan fingerprint density at radius 3 is 2.62 bits per heavy atom. The van der Waals surface area contributed by atoms with Crippen molar-refractivity contribution < 1.29 is 9.53 Å². The average Bonchev–Trinajstić information content (AvgIpc) is 2.69. The van der Waals surface area contributed by atoms with Gasteiger partial charge in [-0.15, -0.1) is 0 Å². The summed E-state index contributed by atoms with van der Waals surface area (Å²) in [6.07, 6.45) is 4.42. The van der Waals surface area contributed by atoms with Gasteiger partial charge in [-0.1, -0.05) is 23.7 Å². The van der Waals surface area contributed by atoms with Gasteiger partial charge in [-0.3, -0.25) is 14.7 Å². The molecule has 6 heteroatoms. The van der Waals surface area contributed by atoms with Crippen LogP contribution < -0.4 is 0 Å². The zero-order valence-corrected chi connectivity index (χ0v) is 15.6. The second-order valence-corrected chi connectivity index (χ2v) is 6.78. The maximum atomic E-state index is 13.0. The summed E-state index contributed by atoms with van der Waals surface area (Å²) in [5.41, 5.74) is 1.61. The zero-order valence-electron chi connectivity index (χ0n) is 14.8. The van der Waals surface area contributed by atoms with Gasteiger partial charge in [0, 0.05) is 45.1 Å². The summed E-state index contributed by atoms with van der Waals surface area (Å²) in [7, 11) is 0. The number of morpholine rings is 1. The van der Waals surface area contributed by atoms with E-state index in [0.29, 0.717) is 23.7 Å². The van der Waals surface area contributed by atoms with Gasteiger partial charge in [-0.05, 0) is 36.2 Å². The highest BCUT2D eigenvalue weighted by Crippen LogP contribution is 2.19. The van der Waals surface area contributed by atoms with Crippen molar-refractivity contribution in [3.8, 4) is 0 Å². The van der Waals surface area contributed by atoms with E-state index in [1.165, 1.54) is 0 Å². The van der Waals surface area contributed by atoms with Crippen LogP contribution in [0.1, 0.15) is 22.3 Å². The van der Waals surface area contributed by atoms with Gasteiger partial charge >= 0.3 is 0 Å². The summed E-state index contributed by atoms with van der Waals surface area (Å²) in [6, 6.07) is 11.1. The predicted octanol–water partition coefficient (Wildman–Crippen LogP) is 3.10. The van der Waals surface area contributed by atoms with Crippen molar-refractivity contribution in [2.75, 3.05) is 39.4 Å². The molecule has 1 aromatic heterocycles. The third kappa shape index (κ3) is 5.27. The van der Waals surface area contributed by atoms with E-state index >= 15 is 0 Å². The number of ether oxygens (including phenoxy) is 1. The van der Waals surface area contributed by atoms with Crippen LogP contribution in [0.15, 0.2) is 48.8 Å². The first kappa shape index (κ1) is 18.8. The summed E-state index contributed by atoms with van der Waals surface area (Å²) in [5, 5.41) is 0.491. The molecule has 2 heterocycles. The van der Waals surface area contributed by atoms with Crippen LogP contribution in [-0.2, 0) is 11.3 Å². The normalized spacial score (nSPS) is 15.0. The Morgan fingerprint density at radius 2 is 1.88 bits per heavy atom. The molecule has 0 unspecified atom stereocenters. The minimum absolute atomic E-state index is 0.0330. The molecule has 1 aliphatic heterocycles. The van der Waals surface area contributed by atoms with Gasteiger partial charge in [-0.25, -0.2) is 0 Å². The largest absolute Gasteiger partial charge is 0.379 e. The highest BCUT2D eigenvalue weighted by Gasteiger charge is 2.19. The van der Waals surface area contributed by atoms with Crippen molar-refractivity contribution in [2.45, 2.75) is 13.0 Å². The van der Waals surface area contributed by atoms with E-state index in [-0.39, 0.29) is 5.91 Å². The Bertz CT molecular complexity index is 705. The lowest BCUT2D eigenvalue weighted by atomic mass is 10.1. The minimum Gasteiger partial charge on any atom is -0.379 e. The first-order valence-corrected chi connectivity index (χ1v) is 9.34. The zero-order chi connectivity index (χ0) is 18.2. The van der Waals surface area contributed by atoms with Crippen molar-refractivity contribution in [3.05, 3.63) is 64.9 Å². The van der Waals surface area contributed by atoms with Crippen LogP contribution in [0.25, 0.3) is 0 Å². The molecule has 0 radical (unpaired) electrons. The number of rotatable bonds is 7. The lowest BCUT2D eigenvalue weighted by molar-refractivity contribution is 0.0355. The number of aromatic nitrogens is 1. The Balaban J connectivity index is 1.66. The highest BCUT2D eigenvalue weighted by molar-refractivity contribution is 6.33. The molecule has 1 saturated heterocycles. The fraction of sp³-hybridized carbons (Fsp3) is 0.400. The van der Waals surface area contributed by atoms with Crippen molar-refractivity contribution >= 4 is 17.5 Å². The molecule has 3 rings (SSSR count). The Hall–Kier alpha value is -1.95. The number of benzene rings is 1. The number of carbonyl (C=O) groups excluding carboxylic acids is 1. The molecule has 0 saturated carbocycles. The lowest BCUT2D eigenvalue weighted by Gasteiger charge is -2.28. The van der Waals surface area contributed by atoms with E-state index < -0.39 is 0 Å². The van der Waals surface area contributed by atoms with Crippen LogP contribution in [0, 0.1) is 0 Å². The molecule has 1 aromatic carbocycles.